The zero-order chi connectivity index (χ0) is 18.3. The van der Waals surface area contributed by atoms with Gasteiger partial charge in [0.15, 0.2) is 0 Å². The van der Waals surface area contributed by atoms with Gasteiger partial charge in [-0.2, -0.15) is 0 Å². The molecule has 2 rings (SSSR count). The summed E-state index contributed by atoms with van der Waals surface area (Å²) in [4.78, 5) is 14.6. The fourth-order valence-electron chi connectivity index (χ4n) is 2.96. The maximum atomic E-state index is 12.1. The minimum Gasteiger partial charge on any atom is -0.494 e. The second-order valence-corrected chi connectivity index (χ2v) is 7.28. The molecule has 0 aromatic heterocycles. The Hall–Kier alpha value is -1.59. The van der Waals surface area contributed by atoms with Crippen molar-refractivity contribution in [2.45, 2.75) is 58.1 Å². The number of hydrogen-bond donors (Lipinski definition) is 1. The minimum absolute atomic E-state index is 0.167. The first-order valence-electron chi connectivity index (χ1n) is 9.26. The molecule has 0 unspecified atom stereocenters. The van der Waals surface area contributed by atoms with Gasteiger partial charge < -0.3 is 19.7 Å². The normalized spacial score (nSPS) is 18.8. The van der Waals surface area contributed by atoms with Gasteiger partial charge >= 0.3 is 0 Å². The summed E-state index contributed by atoms with van der Waals surface area (Å²) in [5, 5.41) is 2.85. The van der Waals surface area contributed by atoms with Crippen LogP contribution in [0.15, 0.2) is 24.3 Å². The molecule has 0 bridgehead atoms. The molecule has 0 saturated carbocycles. The highest BCUT2D eigenvalue weighted by Gasteiger charge is 2.26. The second kappa shape index (κ2) is 9.20. The van der Waals surface area contributed by atoms with Crippen molar-refractivity contribution in [1.82, 2.24) is 4.90 Å². The van der Waals surface area contributed by atoms with Crippen LogP contribution in [0.1, 0.15) is 46.5 Å². The molecule has 1 atom stereocenters. The van der Waals surface area contributed by atoms with Crippen molar-refractivity contribution in [2.24, 2.45) is 0 Å². The highest BCUT2D eigenvalue weighted by molar-refractivity contribution is 5.96. The lowest BCUT2D eigenvalue weighted by Gasteiger charge is -2.33. The smallest absolute Gasteiger partial charge is 0.256 e. The molecule has 25 heavy (non-hydrogen) atoms. The van der Waals surface area contributed by atoms with E-state index >= 15 is 0 Å². The number of nitrogens with zero attached hydrogens (tertiary/aromatic N) is 1. The topological polar surface area (TPSA) is 50.8 Å². The van der Waals surface area contributed by atoms with Gasteiger partial charge in [-0.15, -0.1) is 0 Å². The number of likely N-dealkylation sites (tertiary alicyclic amines) is 1. The van der Waals surface area contributed by atoms with Crippen LogP contribution in [0.2, 0.25) is 0 Å². The molecule has 5 nitrogen and oxygen atoms in total. The van der Waals surface area contributed by atoms with Crippen LogP contribution in [-0.4, -0.2) is 49.3 Å². The van der Waals surface area contributed by atoms with E-state index in [9.17, 15) is 4.79 Å². The quantitative estimate of drug-likeness (QED) is 0.728. The Morgan fingerprint density at radius 1 is 1.28 bits per heavy atom. The monoisotopic (exact) mass is 348 g/mol. The van der Waals surface area contributed by atoms with Crippen LogP contribution in [0, 0.1) is 0 Å². The maximum Gasteiger partial charge on any atom is 0.256 e. The molecule has 5 heteroatoms. The summed E-state index contributed by atoms with van der Waals surface area (Å²) >= 11 is 0. The van der Waals surface area contributed by atoms with Gasteiger partial charge in [-0.25, -0.2) is 0 Å². The Morgan fingerprint density at radius 2 is 2.00 bits per heavy atom. The second-order valence-electron chi connectivity index (χ2n) is 7.28. The molecule has 0 aliphatic carbocycles. The van der Waals surface area contributed by atoms with E-state index < -0.39 is 5.60 Å². The molecular weight excluding hydrogens is 316 g/mol. The molecule has 1 N–H and O–H groups in total. The van der Waals surface area contributed by atoms with E-state index in [0.29, 0.717) is 12.6 Å². The number of hydrogen-bond acceptors (Lipinski definition) is 4. The van der Waals surface area contributed by atoms with E-state index in [1.165, 1.54) is 32.9 Å². The van der Waals surface area contributed by atoms with Gasteiger partial charge in [-0.3, -0.25) is 4.79 Å². The van der Waals surface area contributed by atoms with E-state index in [4.69, 9.17) is 9.47 Å². The Balaban J connectivity index is 1.72. The lowest BCUT2D eigenvalue weighted by atomic mass is 10.0. The minimum atomic E-state index is -0.846. The molecular formula is C20H32N2O3. The summed E-state index contributed by atoms with van der Waals surface area (Å²) in [7, 11) is 1.53. The molecule has 1 aromatic rings. The zero-order valence-corrected chi connectivity index (χ0v) is 16.0. The van der Waals surface area contributed by atoms with Crippen LogP contribution < -0.4 is 10.1 Å². The van der Waals surface area contributed by atoms with E-state index in [1.54, 1.807) is 13.8 Å². The molecule has 1 aliphatic heterocycles. The fraction of sp³-hybridized carbons (Fsp3) is 0.650. The van der Waals surface area contributed by atoms with Crippen molar-refractivity contribution in [3.8, 4) is 5.75 Å². The number of rotatable bonds is 8. The predicted octanol–water partition coefficient (Wildman–Crippen LogP) is 3.69. The highest BCUT2D eigenvalue weighted by Crippen LogP contribution is 2.19. The first-order chi connectivity index (χ1) is 11.9. The SMILES string of the molecule is COC(C)(C)C(=O)Nc1ccc(OCCCN2CCCC[C@H]2C)cc1. The Labute approximate surface area is 151 Å². The Morgan fingerprint density at radius 3 is 2.64 bits per heavy atom. The van der Waals surface area contributed by atoms with Crippen molar-refractivity contribution in [3.63, 3.8) is 0 Å². The molecule has 1 heterocycles. The van der Waals surface area contributed by atoms with Crippen LogP contribution in [0.4, 0.5) is 5.69 Å². The first kappa shape index (κ1) is 19.7. The van der Waals surface area contributed by atoms with Crippen LogP contribution in [0.5, 0.6) is 5.75 Å². The lowest BCUT2D eigenvalue weighted by molar-refractivity contribution is -0.133. The van der Waals surface area contributed by atoms with E-state index in [1.807, 2.05) is 24.3 Å². The molecule has 0 spiro atoms. The molecule has 1 aliphatic rings. The van der Waals surface area contributed by atoms with E-state index in [-0.39, 0.29) is 5.91 Å². The molecule has 140 valence electrons. The number of carbonyl (C=O) groups is 1. The molecule has 1 fully saturated rings. The first-order valence-corrected chi connectivity index (χ1v) is 9.26. The van der Waals surface area contributed by atoms with Crippen LogP contribution in [0.3, 0.4) is 0 Å². The Kier molecular flexibility index (Phi) is 7.26. The average molecular weight is 348 g/mol. The van der Waals surface area contributed by atoms with Gasteiger partial charge in [0.25, 0.3) is 5.91 Å². The van der Waals surface area contributed by atoms with Crippen molar-refractivity contribution in [2.75, 3.05) is 32.1 Å². The third-order valence-corrected chi connectivity index (χ3v) is 4.97. The number of amides is 1. The lowest BCUT2D eigenvalue weighted by Crippen LogP contribution is -2.38. The van der Waals surface area contributed by atoms with Gasteiger partial charge in [0.2, 0.25) is 0 Å². The van der Waals surface area contributed by atoms with Gasteiger partial charge in [-0.05, 0) is 70.8 Å². The fourth-order valence-corrected chi connectivity index (χ4v) is 2.96. The number of nitrogens with one attached hydrogen (secondary N) is 1. The third kappa shape index (κ3) is 6.01. The number of anilines is 1. The zero-order valence-electron chi connectivity index (χ0n) is 16.0. The molecule has 1 amide bonds. The average Bonchev–Trinajstić information content (AvgIpc) is 2.61. The van der Waals surface area contributed by atoms with Crippen molar-refractivity contribution >= 4 is 11.6 Å². The van der Waals surface area contributed by atoms with Gasteiger partial charge in [-0.1, -0.05) is 6.42 Å². The number of piperidine rings is 1. The van der Waals surface area contributed by atoms with E-state index in [0.717, 1.165) is 24.4 Å². The summed E-state index contributed by atoms with van der Waals surface area (Å²) in [6.07, 6.45) is 5.02. The Bertz CT molecular complexity index is 542. The number of carbonyl (C=O) groups excluding carboxylic acids is 1. The number of benzene rings is 1. The standard InChI is InChI=1S/C20H32N2O3/c1-16-8-5-6-13-22(16)14-7-15-25-18-11-9-17(10-12-18)21-19(23)20(2,3)24-4/h9-12,16H,5-8,13-15H2,1-4H3,(H,21,23)/t16-/m1/s1. The van der Waals surface area contributed by atoms with Crippen molar-refractivity contribution < 1.29 is 14.3 Å². The van der Waals surface area contributed by atoms with Crippen molar-refractivity contribution in [3.05, 3.63) is 24.3 Å². The van der Waals surface area contributed by atoms with Crippen LogP contribution in [0.25, 0.3) is 0 Å². The molecule has 0 radical (unpaired) electrons. The summed E-state index contributed by atoms with van der Waals surface area (Å²) in [6.45, 7) is 8.82. The van der Waals surface area contributed by atoms with Gasteiger partial charge in [0.1, 0.15) is 11.4 Å². The van der Waals surface area contributed by atoms with Crippen molar-refractivity contribution in [1.29, 1.82) is 0 Å². The van der Waals surface area contributed by atoms with E-state index in [2.05, 4.69) is 17.1 Å². The molecule has 1 aromatic carbocycles. The van der Waals surface area contributed by atoms with Crippen LogP contribution >= 0.6 is 0 Å². The molecule has 1 saturated heterocycles. The third-order valence-electron chi connectivity index (χ3n) is 4.97. The largest absolute Gasteiger partial charge is 0.494 e. The number of methoxy groups -OCH3 is 1. The van der Waals surface area contributed by atoms with Gasteiger partial charge in [0.05, 0.1) is 6.61 Å². The van der Waals surface area contributed by atoms with Gasteiger partial charge in [0, 0.05) is 25.4 Å². The summed E-state index contributed by atoms with van der Waals surface area (Å²) < 4.78 is 11.0. The number of ether oxygens (including phenoxy) is 2. The predicted molar refractivity (Wildman–Crippen MR) is 101 cm³/mol. The summed E-state index contributed by atoms with van der Waals surface area (Å²) in [5.41, 5.74) is -0.106. The van der Waals surface area contributed by atoms with Crippen LogP contribution in [-0.2, 0) is 9.53 Å². The summed E-state index contributed by atoms with van der Waals surface area (Å²) in [6, 6.07) is 8.18. The summed E-state index contributed by atoms with van der Waals surface area (Å²) in [5.74, 6) is 0.662. The maximum absolute atomic E-state index is 12.1. The highest BCUT2D eigenvalue weighted by atomic mass is 16.5.